The van der Waals surface area contributed by atoms with Crippen molar-refractivity contribution in [1.82, 2.24) is 10.2 Å². The third-order valence-electron chi connectivity index (χ3n) is 4.73. The van der Waals surface area contributed by atoms with Crippen molar-refractivity contribution in [3.8, 4) is 0 Å². The van der Waals surface area contributed by atoms with E-state index in [-0.39, 0.29) is 6.03 Å². The highest BCUT2D eigenvalue weighted by Crippen LogP contribution is 2.23. The van der Waals surface area contributed by atoms with Crippen molar-refractivity contribution < 1.29 is 4.79 Å². The first-order valence-corrected chi connectivity index (χ1v) is 9.44. The number of carbonyl (C=O) groups is 1. The molecule has 0 radical (unpaired) electrons. The van der Waals surface area contributed by atoms with Crippen molar-refractivity contribution in [2.24, 2.45) is 0 Å². The second-order valence-corrected chi connectivity index (χ2v) is 7.89. The fourth-order valence-electron chi connectivity index (χ4n) is 3.13. The molecule has 3 rings (SSSR count). The lowest BCUT2D eigenvalue weighted by molar-refractivity contribution is 0.183. The molecule has 0 aromatic heterocycles. The SMILES string of the molecule is CC(C)(NC(=O)N1CCN(c2cccc(Cl)c2)CC1)c1ccc(Cl)cc1. The Labute approximate surface area is 164 Å². The molecular weight excluding hydrogens is 369 g/mol. The van der Waals surface area contributed by atoms with Crippen molar-refractivity contribution in [2.45, 2.75) is 19.4 Å². The van der Waals surface area contributed by atoms with Crippen LogP contribution in [0.15, 0.2) is 48.5 Å². The number of nitrogens with one attached hydrogen (secondary N) is 1. The molecule has 26 heavy (non-hydrogen) atoms. The number of anilines is 1. The van der Waals surface area contributed by atoms with Gasteiger partial charge in [0.2, 0.25) is 0 Å². The first kappa shape index (κ1) is 18.9. The minimum atomic E-state index is -0.467. The zero-order valence-corrected chi connectivity index (χ0v) is 16.5. The Morgan fingerprint density at radius 1 is 0.962 bits per heavy atom. The Hall–Kier alpha value is -1.91. The minimum Gasteiger partial charge on any atom is -0.368 e. The molecule has 1 saturated heterocycles. The zero-order chi connectivity index (χ0) is 18.7. The number of amides is 2. The maximum absolute atomic E-state index is 12.7. The standard InChI is InChI=1S/C20H23Cl2N3O/c1-20(2,15-6-8-16(21)9-7-15)23-19(26)25-12-10-24(11-13-25)18-5-3-4-17(22)14-18/h3-9,14H,10-13H2,1-2H3,(H,23,26). The molecule has 2 aromatic rings. The van der Waals surface area contributed by atoms with Crippen LogP contribution in [-0.4, -0.2) is 37.1 Å². The van der Waals surface area contributed by atoms with E-state index in [1.165, 1.54) is 0 Å². The topological polar surface area (TPSA) is 35.6 Å². The van der Waals surface area contributed by atoms with E-state index >= 15 is 0 Å². The van der Waals surface area contributed by atoms with Gasteiger partial charge in [0.1, 0.15) is 0 Å². The molecule has 1 aliphatic rings. The summed E-state index contributed by atoms with van der Waals surface area (Å²) >= 11 is 12.0. The summed E-state index contributed by atoms with van der Waals surface area (Å²) in [6.45, 7) is 6.92. The molecule has 138 valence electrons. The quantitative estimate of drug-likeness (QED) is 0.818. The average Bonchev–Trinajstić information content (AvgIpc) is 2.62. The van der Waals surface area contributed by atoms with Crippen molar-refractivity contribution in [3.63, 3.8) is 0 Å². The molecule has 0 saturated carbocycles. The number of piperazine rings is 1. The second-order valence-electron chi connectivity index (χ2n) is 7.02. The van der Waals surface area contributed by atoms with Gasteiger partial charge >= 0.3 is 6.03 Å². The van der Waals surface area contributed by atoms with Gasteiger partial charge in [-0.05, 0) is 49.7 Å². The van der Waals surface area contributed by atoms with E-state index in [9.17, 15) is 4.79 Å². The van der Waals surface area contributed by atoms with Crippen molar-refractivity contribution >= 4 is 34.9 Å². The molecule has 0 spiro atoms. The van der Waals surface area contributed by atoms with Crippen LogP contribution in [0.3, 0.4) is 0 Å². The summed E-state index contributed by atoms with van der Waals surface area (Å²) in [6, 6.07) is 15.4. The normalized spacial score (nSPS) is 15.1. The minimum absolute atomic E-state index is 0.0457. The molecule has 2 aromatic carbocycles. The maximum atomic E-state index is 12.7. The Bertz CT molecular complexity index is 769. The van der Waals surface area contributed by atoms with Crippen molar-refractivity contribution in [3.05, 3.63) is 64.1 Å². The van der Waals surface area contributed by atoms with E-state index < -0.39 is 5.54 Å². The third kappa shape index (κ3) is 4.43. The highest BCUT2D eigenvalue weighted by Gasteiger charge is 2.27. The van der Waals surface area contributed by atoms with E-state index in [1.807, 2.05) is 67.3 Å². The van der Waals surface area contributed by atoms with E-state index in [0.29, 0.717) is 18.1 Å². The van der Waals surface area contributed by atoms with Gasteiger partial charge in [-0.15, -0.1) is 0 Å². The van der Waals surface area contributed by atoms with Crippen LogP contribution in [-0.2, 0) is 5.54 Å². The largest absolute Gasteiger partial charge is 0.368 e. The fourth-order valence-corrected chi connectivity index (χ4v) is 3.44. The number of halogens is 2. The monoisotopic (exact) mass is 391 g/mol. The Balaban J connectivity index is 1.59. The summed E-state index contributed by atoms with van der Waals surface area (Å²) in [7, 11) is 0. The van der Waals surface area contributed by atoms with Gasteiger partial charge in [-0.1, -0.05) is 41.4 Å². The lowest BCUT2D eigenvalue weighted by atomic mass is 9.94. The van der Waals surface area contributed by atoms with Crippen LogP contribution in [0.25, 0.3) is 0 Å². The molecule has 0 bridgehead atoms. The number of hydrogen-bond donors (Lipinski definition) is 1. The molecule has 0 unspecified atom stereocenters. The van der Waals surface area contributed by atoms with Gasteiger partial charge in [-0.3, -0.25) is 0 Å². The van der Waals surface area contributed by atoms with E-state index in [2.05, 4.69) is 10.2 Å². The second kappa shape index (κ2) is 7.77. The molecule has 1 heterocycles. The van der Waals surface area contributed by atoms with Gasteiger partial charge in [0, 0.05) is 41.9 Å². The summed E-state index contributed by atoms with van der Waals surface area (Å²) < 4.78 is 0. The van der Waals surface area contributed by atoms with Crippen LogP contribution in [0.1, 0.15) is 19.4 Å². The predicted molar refractivity (Wildman–Crippen MR) is 108 cm³/mol. The number of benzene rings is 2. The number of hydrogen-bond acceptors (Lipinski definition) is 2. The Morgan fingerprint density at radius 3 is 2.23 bits per heavy atom. The van der Waals surface area contributed by atoms with Gasteiger partial charge in [-0.2, -0.15) is 0 Å². The summed E-state index contributed by atoms with van der Waals surface area (Å²) in [4.78, 5) is 16.8. The summed E-state index contributed by atoms with van der Waals surface area (Å²) in [5.74, 6) is 0. The number of rotatable bonds is 3. The van der Waals surface area contributed by atoms with Crippen LogP contribution in [0, 0.1) is 0 Å². The van der Waals surface area contributed by atoms with Crippen molar-refractivity contribution in [1.29, 1.82) is 0 Å². The van der Waals surface area contributed by atoms with Crippen LogP contribution >= 0.6 is 23.2 Å². The Kier molecular flexibility index (Phi) is 5.64. The van der Waals surface area contributed by atoms with E-state index in [4.69, 9.17) is 23.2 Å². The highest BCUT2D eigenvalue weighted by molar-refractivity contribution is 6.31. The lowest BCUT2D eigenvalue weighted by Crippen LogP contribution is -2.55. The summed E-state index contributed by atoms with van der Waals surface area (Å²) in [5, 5.41) is 4.55. The maximum Gasteiger partial charge on any atom is 0.318 e. The van der Waals surface area contributed by atoms with Crippen molar-refractivity contribution in [2.75, 3.05) is 31.1 Å². The molecule has 6 heteroatoms. The number of nitrogens with zero attached hydrogens (tertiary/aromatic N) is 2. The summed E-state index contributed by atoms with van der Waals surface area (Å²) in [5.41, 5.74) is 1.65. The number of carbonyl (C=O) groups excluding carboxylic acids is 1. The molecule has 1 N–H and O–H groups in total. The fraction of sp³-hybridized carbons (Fsp3) is 0.350. The third-order valence-corrected chi connectivity index (χ3v) is 5.21. The molecule has 0 aliphatic carbocycles. The molecular formula is C20H23Cl2N3O. The van der Waals surface area contributed by atoms with E-state index in [0.717, 1.165) is 29.4 Å². The van der Waals surface area contributed by atoms with Gasteiger partial charge in [0.05, 0.1) is 5.54 Å². The molecule has 2 amide bonds. The van der Waals surface area contributed by atoms with Crippen LogP contribution in [0.4, 0.5) is 10.5 Å². The van der Waals surface area contributed by atoms with Gasteiger partial charge < -0.3 is 15.1 Å². The summed E-state index contributed by atoms with van der Waals surface area (Å²) in [6.07, 6.45) is 0. The van der Waals surface area contributed by atoms with E-state index in [1.54, 1.807) is 0 Å². The van der Waals surface area contributed by atoms with Gasteiger partial charge in [0.15, 0.2) is 0 Å². The van der Waals surface area contributed by atoms with Crippen LogP contribution in [0.5, 0.6) is 0 Å². The smallest absolute Gasteiger partial charge is 0.318 e. The van der Waals surface area contributed by atoms with Crippen LogP contribution < -0.4 is 10.2 Å². The van der Waals surface area contributed by atoms with Crippen LogP contribution in [0.2, 0.25) is 10.0 Å². The lowest BCUT2D eigenvalue weighted by Gasteiger charge is -2.38. The molecule has 1 fully saturated rings. The van der Waals surface area contributed by atoms with Gasteiger partial charge in [0.25, 0.3) is 0 Å². The molecule has 0 atom stereocenters. The first-order chi connectivity index (χ1) is 12.3. The highest BCUT2D eigenvalue weighted by atomic mass is 35.5. The zero-order valence-electron chi connectivity index (χ0n) is 15.0. The number of urea groups is 1. The first-order valence-electron chi connectivity index (χ1n) is 8.69. The average molecular weight is 392 g/mol. The van der Waals surface area contributed by atoms with Gasteiger partial charge in [-0.25, -0.2) is 4.79 Å². The Morgan fingerprint density at radius 2 is 1.62 bits per heavy atom. The molecule has 1 aliphatic heterocycles. The predicted octanol–water partition coefficient (Wildman–Crippen LogP) is 4.76. The molecule has 4 nitrogen and oxygen atoms in total.